The molecule has 0 fully saturated rings. The molecule has 0 saturated heterocycles. The second-order valence-electron chi connectivity index (χ2n) is 10.0. The Bertz CT molecular complexity index is 1130. The van der Waals surface area contributed by atoms with E-state index < -0.39 is 20.8 Å². The lowest BCUT2D eigenvalue weighted by Crippen LogP contribution is -2.17. The van der Waals surface area contributed by atoms with E-state index in [1.54, 1.807) is 17.8 Å². The fraction of sp³-hybridized carbons (Fsp3) is 0.821. The van der Waals surface area contributed by atoms with Gasteiger partial charge in [0.25, 0.3) is 0 Å². The van der Waals surface area contributed by atoms with E-state index >= 15 is 0 Å². The molecule has 2 aromatic heterocycles. The molecule has 0 aliphatic carbocycles. The number of hydrogen-bond acceptors (Lipinski definition) is 8. The van der Waals surface area contributed by atoms with Gasteiger partial charge in [0, 0.05) is 6.85 Å². The number of nitrogens with two attached hydrogens (primary N) is 1. The molecule has 0 radical (unpaired) electrons. The highest BCUT2D eigenvalue weighted by Gasteiger charge is 2.21. The van der Waals surface area contributed by atoms with E-state index in [1.807, 2.05) is 11.8 Å². The van der Waals surface area contributed by atoms with Crippen LogP contribution in [0.25, 0.3) is 11.2 Å². The van der Waals surface area contributed by atoms with E-state index in [4.69, 9.17) is 21.8 Å². The van der Waals surface area contributed by atoms with Crippen LogP contribution in [0.15, 0.2) is 12.7 Å². The quantitative estimate of drug-likeness (QED) is 0.0889. The number of anilines is 1. The van der Waals surface area contributed by atoms with Crippen LogP contribution in [-0.2, 0) is 20.4 Å². The summed E-state index contributed by atoms with van der Waals surface area (Å²) in [7, 11) is -3.83. The summed E-state index contributed by atoms with van der Waals surface area (Å²) in [6.45, 7) is -0.102. The van der Waals surface area contributed by atoms with Crippen molar-refractivity contribution in [2.24, 2.45) is 0 Å². The minimum atomic E-state index is -3.83. The molecule has 2 aromatic rings. The van der Waals surface area contributed by atoms with Crippen LogP contribution in [0.1, 0.15) is 117 Å². The molecule has 0 aliphatic heterocycles. The first-order chi connectivity index (χ1) is 20.8. The Morgan fingerprint density at radius 1 is 1.00 bits per heavy atom. The maximum atomic E-state index is 12.3. The summed E-state index contributed by atoms with van der Waals surface area (Å²) < 4.78 is 61.9. The van der Waals surface area contributed by atoms with E-state index in [0.717, 1.165) is 30.8 Å². The Kier molecular flexibility index (Phi) is 14.1. The number of nitrogens with zero attached hydrogens (tertiary/aromatic N) is 4. The average molecular weight is 591 g/mol. The summed E-state index contributed by atoms with van der Waals surface area (Å²) in [4.78, 5) is 22.4. The first-order valence-corrected chi connectivity index (χ1v) is 17.3. The second-order valence-corrected chi connectivity index (χ2v) is 13.1. The molecule has 0 aromatic carbocycles. The van der Waals surface area contributed by atoms with Crippen LogP contribution in [-0.4, -0.2) is 55.0 Å². The summed E-state index contributed by atoms with van der Waals surface area (Å²) in [6.07, 6.45) is 14.6. The number of unbranched alkanes of at least 4 members (excludes halogenated alkanes) is 11. The van der Waals surface area contributed by atoms with Gasteiger partial charge in [0.2, 0.25) is 0 Å². The third-order valence-electron chi connectivity index (χ3n) is 6.47. The van der Waals surface area contributed by atoms with E-state index in [9.17, 15) is 9.46 Å². The Hall–Kier alpha value is -1.19. The third kappa shape index (κ3) is 15.4. The minimum Gasteiger partial charge on any atom is -0.382 e. The molecule has 1 unspecified atom stereocenters. The van der Waals surface area contributed by atoms with Crippen LogP contribution in [0, 0.1) is 0 Å². The Balaban J connectivity index is 1.35. The molecule has 0 saturated carbocycles. The highest BCUT2D eigenvalue weighted by Crippen LogP contribution is 2.42. The predicted octanol–water partition coefficient (Wildman–Crippen LogP) is 7.58. The van der Waals surface area contributed by atoms with Gasteiger partial charge in [-0.2, -0.15) is 11.8 Å². The van der Waals surface area contributed by atoms with Crippen LogP contribution in [0.3, 0.4) is 0 Å². The average Bonchev–Trinajstić information content (AvgIpc) is 3.36. The molecule has 39 heavy (non-hydrogen) atoms. The van der Waals surface area contributed by atoms with Crippen molar-refractivity contribution in [1.82, 2.24) is 19.5 Å². The van der Waals surface area contributed by atoms with Gasteiger partial charge < -0.3 is 24.5 Å². The fourth-order valence-electron chi connectivity index (χ4n) is 4.28. The van der Waals surface area contributed by atoms with E-state index in [1.165, 1.54) is 57.7 Å². The zero-order chi connectivity index (χ0) is 32.5. The zero-order valence-electron chi connectivity index (χ0n) is 28.6. The van der Waals surface area contributed by atoms with Crippen LogP contribution in [0.2, 0.25) is 0 Å². The van der Waals surface area contributed by atoms with Gasteiger partial charge in [-0.1, -0.05) is 90.3 Å². The van der Waals surface area contributed by atoms with Crippen molar-refractivity contribution in [2.45, 2.75) is 123 Å². The fourth-order valence-corrected chi connectivity index (χ4v) is 6.14. The molecule has 2 atom stereocenters. The first kappa shape index (κ1) is 26.7. The number of hydrogen-bond donors (Lipinski definition) is 2. The lowest BCUT2D eigenvalue weighted by Gasteiger charge is -2.17. The maximum absolute atomic E-state index is 12.3. The number of imidazole rings is 1. The molecular formula is C28H52N5O4PS. The van der Waals surface area contributed by atoms with Crippen molar-refractivity contribution < 1.29 is 25.6 Å². The number of nitrogen functional groups attached to an aromatic ring is 1. The summed E-state index contributed by atoms with van der Waals surface area (Å²) in [5.74, 6) is 2.28. The summed E-state index contributed by atoms with van der Waals surface area (Å²) in [5.41, 5.74) is 6.91. The number of rotatable bonds is 25. The number of fused-ring (bicyclic) bond motifs is 1. The van der Waals surface area contributed by atoms with Gasteiger partial charge in [-0.25, -0.2) is 15.0 Å². The van der Waals surface area contributed by atoms with Crippen molar-refractivity contribution in [3.8, 4) is 0 Å². The van der Waals surface area contributed by atoms with E-state index in [0.29, 0.717) is 36.4 Å². The van der Waals surface area contributed by atoms with Gasteiger partial charge in [-0.3, -0.25) is 4.57 Å². The molecule has 3 N–H and O–H groups in total. The summed E-state index contributed by atoms with van der Waals surface area (Å²) >= 11 is 1.85. The van der Waals surface area contributed by atoms with Crippen molar-refractivity contribution in [2.75, 3.05) is 30.2 Å². The lowest BCUT2D eigenvalue weighted by molar-refractivity contribution is 0.0718. The molecule has 0 spiro atoms. The van der Waals surface area contributed by atoms with Crippen LogP contribution in [0.5, 0.6) is 0 Å². The highest BCUT2D eigenvalue weighted by molar-refractivity contribution is 7.99. The van der Waals surface area contributed by atoms with Gasteiger partial charge in [-0.15, -0.1) is 0 Å². The largest absolute Gasteiger partial charge is 0.382 e. The number of ether oxygens (including phenoxy) is 1. The van der Waals surface area contributed by atoms with Crippen LogP contribution >= 0.6 is 19.4 Å². The van der Waals surface area contributed by atoms with E-state index in [-0.39, 0.29) is 25.5 Å². The second kappa shape index (κ2) is 20.7. The Morgan fingerprint density at radius 3 is 2.28 bits per heavy atom. The van der Waals surface area contributed by atoms with Gasteiger partial charge >= 0.3 is 7.60 Å². The standard InChI is InChI=1S/C28H52N5O4PS/c1-3-4-5-6-7-8-9-10-11-12-13-14-15-16-19-39-20-17-18-37-38(34,35)24-36-25(2)21-33-23-32-26-27(29)30-22-31-28(26)33/h22-23,25H,3-21,24H2,1-2H3,(H,34,35)(H2,29,30,31)/t25-/m1/s1/i1D3,3D2. The number of thioether (sulfide) groups is 1. The third-order valence-corrected chi connectivity index (χ3v) is 8.69. The Morgan fingerprint density at radius 2 is 1.62 bits per heavy atom. The smallest absolute Gasteiger partial charge is 0.353 e. The molecular weight excluding hydrogens is 533 g/mol. The topological polar surface area (TPSA) is 125 Å². The van der Waals surface area contributed by atoms with Gasteiger partial charge in [0.05, 0.1) is 25.6 Å². The highest BCUT2D eigenvalue weighted by atomic mass is 32.2. The van der Waals surface area contributed by atoms with Crippen molar-refractivity contribution >= 4 is 36.3 Å². The molecule has 0 aliphatic rings. The normalized spacial score (nSPS) is 16.7. The lowest BCUT2D eigenvalue weighted by atomic mass is 10.0. The summed E-state index contributed by atoms with van der Waals surface area (Å²) in [6, 6.07) is 0. The van der Waals surface area contributed by atoms with E-state index in [2.05, 4.69) is 15.0 Å². The molecule has 0 bridgehead atoms. The monoisotopic (exact) mass is 590 g/mol. The molecule has 2 heterocycles. The predicted molar refractivity (Wildman–Crippen MR) is 163 cm³/mol. The SMILES string of the molecule is [2H]C([2H])([2H])C([2H])([2H])CCCCCCCCCCCCCCSCCCOP(=O)(O)CO[C@H](C)Cn1cnc2c(N)ncnc21. The van der Waals surface area contributed by atoms with Gasteiger partial charge in [0.15, 0.2) is 11.5 Å². The number of aromatic nitrogens is 4. The maximum Gasteiger partial charge on any atom is 0.353 e. The minimum absolute atomic E-state index is 0.112. The molecule has 11 heteroatoms. The molecule has 0 amide bonds. The molecule has 224 valence electrons. The molecule has 2 rings (SSSR count). The van der Waals surface area contributed by atoms with Gasteiger partial charge in [0.1, 0.15) is 18.2 Å². The van der Waals surface area contributed by atoms with Crippen molar-refractivity contribution in [3.63, 3.8) is 0 Å². The zero-order valence-corrected chi connectivity index (χ0v) is 25.3. The Labute approximate surface area is 247 Å². The first-order valence-electron chi connectivity index (χ1n) is 16.9. The van der Waals surface area contributed by atoms with Crippen LogP contribution in [0.4, 0.5) is 5.82 Å². The van der Waals surface area contributed by atoms with Crippen molar-refractivity contribution in [1.29, 1.82) is 0 Å². The van der Waals surface area contributed by atoms with Crippen molar-refractivity contribution in [3.05, 3.63) is 12.7 Å². The summed E-state index contributed by atoms with van der Waals surface area (Å²) in [5, 5.41) is 0. The van der Waals surface area contributed by atoms with Crippen LogP contribution < -0.4 is 5.73 Å². The molecule has 9 nitrogen and oxygen atoms in total. The van der Waals surface area contributed by atoms with Gasteiger partial charge in [-0.05, 0) is 31.3 Å².